The second kappa shape index (κ2) is 6.29. The minimum absolute atomic E-state index is 0.0452. The molecule has 120 valence electrons. The second-order valence-corrected chi connectivity index (χ2v) is 6.57. The van der Waals surface area contributed by atoms with Crippen molar-refractivity contribution in [2.75, 3.05) is 13.1 Å². The summed E-state index contributed by atoms with van der Waals surface area (Å²) in [6.45, 7) is 7.96. The van der Waals surface area contributed by atoms with Crippen molar-refractivity contribution in [1.82, 2.24) is 4.90 Å². The van der Waals surface area contributed by atoms with E-state index < -0.39 is 0 Å². The maximum atomic E-state index is 11.9. The Kier molecular flexibility index (Phi) is 4.39. The molecule has 3 rings (SSSR count). The first kappa shape index (κ1) is 15.3. The summed E-state index contributed by atoms with van der Waals surface area (Å²) in [4.78, 5) is 14.1. The smallest absolute Gasteiger partial charge is 0.323 e. The number of rotatable bonds is 3. The fraction of sp³-hybridized carbons (Fsp3) is 0.611. The molecule has 1 aromatic carbocycles. The molecule has 2 fully saturated rings. The van der Waals surface area contributed by atoms with Crippen molar-refractivity contribution >= 4 is 5.97 Å². The molecule has 0 amide bonds. The van der Waals surface area contributed by atoms with E-state index in [1.165, 1.54) is 11.1 Å². The molecule has 2 unspecified atom stereocenters. The van der Waals surface area contributed by atoms with Gasteiger partial charge in [0.2, 0.25) is 0 Å². The predicted octanol–water partition coefficient (Wildman–Crippen LogP) is 2.85. The van der Waals surface area contributed by atoms with E-state index in [4.69, 9.17) is 9.47 Å². The van der Waals surface area contributed by atoms with Crippen molar-refractivity contribution in [3.63, 3.8) is 0 Å². The molecular formula is C18H25NO3. The number of aryl methyl sites for hydroxylation is 2. The topological polar surface area (TPSA) is 38.8 Å². The van der Waals surface area contributed by atoms with Gasteiger partial charge in [-0.2, -0.15) is 0 Å². The Bertz CT molecular complexity index is 529. The first-order valence-corrected chi connectivity index (χ1v) is 8.22. The van der Waals surface area contributed by atoms with Gasteiger partial charge in [-0.3, -0.25) is 9.69 Å². The van der Waals surface area contributed by atoms with Crippen molar-refractivity contribution in [3.05, 3.63) is 29.3 Å². The first-order chi connectivity index (χ1) is 10.5. The van der Waals surface area contributed by atoms with Crippen molar-refractivity contribution in [2.45, 2.75) is 58.3 Å². The van der Waals surface area contributed by atoms with E-state index in [1.54, 1.807) is 0 Å². The Morgan fingerprint density at radius 1 is 1.18 bits per heavy atom. The maximum absolute atomic E-state index is 11.9. The van der Waals surface area contributed by atoms with Crippen LogP contribution in [-0.4, -0.2) is 42.2 Å². The highest BCUT2D eigenvalue weighted by Gasteiger charge is 2.38. The maximum Gasteiger partial charge on any atom is 0.323 e. The molecule has 0 aromatic heterocycles. The molecule has 2 aliphatic heterocycles. The Labute approximate surface area is 132 Å². The van der Waals surface area contributed by atoms with Crippen molar-refractivity contribution in [1.29, 1.82) is 0 Å². The third-order valence-corrected chi connectivity index (χ3v) is 4.76. The molecule has 0 radical (unpaired) electrons. The van der Waals surface area contributed by atoms with Crippen LogP contribution in [0, 0.1) is 13.8 Å². The molecule has 0 spiro atoms. The molecule has 22 heavy (non-hydrogen) atoms. The van der Waals surface area contributed by atoms with Crippen LogP contribution in [0.5, 0.6) is 5.75 Å². The van der Waals surface area contributed by atoms with E-state index in [2.05, 4.69) is 36.9 Å². The van der Waals surface area contributed by atoms with E-state index in [0.717, 1.165) is 38.1 Å². The van der Waals surface area contributed by atoms with E-state index in [9.17, 15) is 4.79 Å². The average molecular weight is 303 g/mol. The number of carbonyl (C=O) groups is 1. The third-order valence-electron chi connectivity index (χ3n) is 4.76. The Hall–Kier alpha value is -1.55. The summed E-state index contributed by atoms with van der Waals surface area (Å²) in [6.07, 6.45) is 3.05. The van der Waals surface area contributed by atoms with Gasteiger partial charge in [0.25, 0.3) is 0 Å². The molecule has 0 bridgehead atoms. The highest BCUT2D eigenvalue weighted by Crippen LogP contribution is 2.28. The number of nitrogens with zero attached hydrogens (tertiary/aromatic N) is 1. The largest absolute Gasteiger partial charge is 0.490 e. The van der Waals surface area contributed by atoms with E-state index in [0.29, 0.717) is 0 Å². The quantitative estimate of drug-likeness (QED) is 0.805. The third kappa shape index (κ3) is 3.12. The fourth-order valence-electron chi connectivity index (χ4n) is 3.49. The number of esters is 1. The van der Waals surface area contributed by atoms with Crippen LogP contribution in [0.3, 0.4) is 0 Å². The lowest BCUT2D eigenvalue weighted by Gasteiger charge is -2.34. The molecule has 2 atom stereocenters. The highest BCUT2D eigenvalue weighted by molar-refractivity contribution is 5.78. The number of hydrogen-bond acceptors (Lipinski definition) is 4. The Balaban J connectivity index is 1.57. The second-order valence-electron chi connectivity index (χ2n) is 6.57. The number of ether oxygens (including phenoxy) is 2. The summed E-state index contributed by atoms with van der Waals surface area (Å²) in [5.74, 6) is 0.969. The summed E-state index contributed by atoms with van der Waals surface area (Å²) in [7, 11) is 0. The molecule has 4 nitrogen and oxygen atoms in total. The molecule has 0 aliphatic carbocycles. The molecule has 2 saturated heterocycles. The minimum Gasteiger partial charge on any atom is -0.490 e. The van der Waals surface area contributed by atoms with Crippen molar-refractivity contribution < 1.29 is 14.3 Å². The number of benzene rings is 1. The van der Waals surface area contributed by atoms with Gasteiger partial charge in [-0.15, -0.1) is 0 Å². The van der Waals surface area contributed by atoms with E-state index in [1.807, 2.05) is 6.92 Å². The SMILES string of the molecule is Cc1cccc(C)c1OC1CCN(C2CC(C)OC2=O)CC1. The summed E-state index contributed by atoms with van der Waals surface area (Å²) >= 11 is 0. The van der Waals surface area contributed by atoms with Crippen LogP contribution in [0.25, 0.3) is 0 Å². The van der Waals surface area contributed by atoms with Crippen LogP contribution < -0.4 is 4.74 Å². The lowest BCUT2D eigenvalue weighted by Crippen LogP contribution is -2.46. The van der Waals surface area contributed by atoms with Crippen LogP contribution in [-0.2, 0) is 9.53 Å². The van der Waals surface area contributed by atoms with Gasteiger partial charge in [0.05, 0.1) is 0 Å². The van der Waals surface area contributed by atoms with Gasteiger partial charge >= 0.3 is 5.97 Å². The molecule has 2 aliphatic rings. The minimum atomic E-state index is -0.0541. The lowest BCUT2D eigenvalue weighted by molar-refractivity contribution is -0.145. The number of cyclic esters (lactones) is 1. The number of likely N-dealkylation sites (tertiary alicyclic amines) is 1. The number of hydrogen-bond donors (Lipinski definition) is 0. The summed E-state index contributed by atoms with van der Waals surface area (Å²) in [5.41, 5.74) is 2.38. The van der Waals surface area contributed by atoms with Gasteiger partial charge in [-0.25, -0.2) is 0 Å². The average Bonchev–Trinajstić information content (AvgIpc) is 2.83. The van der Waals surface area contributed by atoms with Crippen LogP contribution in [0.15, 0.2) is 18.2 Å². The molecule has 1 aromatic rings. The van der Waals surface area contributed by atoms with Gasteiger partial charge in [0.1, 0.15) is 24.0 Å². The first-order valence-electron chi connectivity index (χ1n) is 8.22. The van der Waals surface area contributed by atoms with Crippen LogP contribution in [0.1, 0.15) is 37.3 Å². The summed E-state index contributed by atoms with van der Waals surface area (Å²) in [6, 6.07) is 6.20. The van der Waals surface area contributed by atoms with Gasteiger partial charge < -0.3 is 9.47 Å². The number of piperidine rings is 1. The van der Waals surface area contributed by atoms with Crippen molar-refractivity contribution in [2.24, 2.45) is 0 Å². The van der Waals surface area contributed by atoms with Crippen molar-refractivity contribution in [3.8, 4) is 5.75 Å². The van der Waals surface area contributed by atoms with E-state index in [-0.39, 0.29) is 24.2 Å². The molecular weight excluding hydrogens is 278 g/mol. The molecule has 0 saturated carbocycles. The van der Waals surface area contributed by atoms with Crippen LogP contribution in [0.4, 0.5) is 0 Å². The monoisotopic (exact) mass is 303 g/mol. The van der Waals surface area contributed by atoms with Crippen LogP contribution >= 0.6 is 0 Å². The zero-order valence-corrected chi connectivity index (χ0v) is 13.7. The standard InChI is InChI=1S/C18H25NO3/c1-12-5-4-6-13(2)17(12)22-15-7-9-19(10-8-15)16-11-14(3)21-18(16)20/h4-6,14-16H,7-11H2,1-3H3. The molecule has 2 heterocycles. The Morgan fingerprint density at radius 2 is 1.82 bits per heavy atom. The zero-order valence-electron chi connectivity index (χ0n) is 13.7. The van der Waals surface area contributed by atoms with Gasteiger partial charge in [0, 0.05) is 19.5 Å². The predicted molar refractivity (Wildman–Crippen MR) is 85.1 cm³/mol. The van der Waals surface area contributed by atoms with Crippen LogP contribution in [0.2, 0.25) is 0 Å². The van der Waals surface area contributed by atoms with Gasteiger partial charge in [0.15, 0.2) is 0 Å². The number of carbonyl (C=O) groups excluding carboxylic acids is 1. The van der Waals surface area contributed by atoms with Gasteiger partial charge in [-0.05, 0) is 44.7 Å². The van der Waals surface area contributed by atoms with E-state index >= 15 is 0 Å². The summed E-state index contributed by atoms with van der Waals surface area (Å²) < 4.78 is 11.5. The Morgan fingerprint density at radius 3 is 2.36 bits per heavy atom. The number of para-hydroxylation sites is 1. The normalized spacial score (nSPS) is 27.0. The molecule has 4 heteroatoms. The summed E-state index contributed by atoms with van der Waals surface area (Å²) in [5, 5.41) is 0. The highest BCUT2D eigenvalue weighted by atomic mass is 16.6. The lowest BCUT2D eigenvalue weighted by atomic mass is 10.0. The van der Waals surface area contributed by atoms with Gasteiger partial charge in [-0.1, -0.05) is 18.2 Å². The fourth-order valence-corrected chi connectivity index (χ4v) is 3.49. The zero-order chi connectivity index (χ0) is 15.7. The molecule has 0 N–H and O–H groups in total.